The number of carbonyl (C=O) groups is 1. The summed E-state index contributed by atoms with van der Waals surface area (Å²) >= 11 is 0. The molecule has 0 saturated heterocycles. The molecule has 2 atom stereocenters. The third-order valence-corrected chi connectivity index (χ3v) is 4.33. The molecule has 0 radical (unpaired) electrons. The first-order valence-electron chi connectivity index (χ1n) is 7.62. The summed E-state index contributed by atoms with van der Waals surface area (Å²) in [7, 11) is 3.66. The number of esters is 1. The Morgan fingerprint density at radius 2 is 2.16 bits per heavy atom. The van der Waals surface area contributed by atoms with Crippen LogP contribution in [0, 0.1) is 5.92 Å². The highest BCUT2D eigenvalue weighted by molar-refractivity contribution is 5.81. The average Bonchev–Trinajstić information content (AvgIpc) is 2.80. The fourth-order valence-electron chi connectivity index (χ4n) is 3.41. The smallest absolute Gasteiger partial charge is 0.326 e. The molecule has 4 nitrogen and oxygen atoms in total. The maximum absolute atomic E-state index is 12.2. The van der Waals surface area contributed by atoms with Gasteiger partial charge in [0, 0.05) is 0 Å². The second-order valence-corrected chi connectivity index (χ2v) is 5.67. The van der Waals surface area contributed by atoms with Crippen LogP contribution < -0.4 is 5.32 Å². The molecular formula is C15H30N2O2. The maximum atomic E-state index is 12.2. The molecule has 1 rings (SSSR count). The Kier molecular flexibility index (Phi) is 6.80. The van der Waals surface area contributed by atoms with Crippen LogP contribution in [-0.4, -0.2) is 50.2 Å². The molecule has 1 aliphatic carbocycles. The van der Waals surface area contributed by atoms with Gasteiger partial charge in [-0.25, -0.2) is 0 Å². The zero-order valence-electron chi connectivity index (χ0n) is 13.0. The van der Waals surface area contributed by atoms with Gasteiger partial charge in [0.1, 0.15) is 5.54 Å². The van der Waals surface area contributed by atoms with E-state index >= 15 is 0 Å². The molecule has 0 aromatic carbocycles. The van der Waals surface area contributed by atoms with E-state index in [9.17, 15) is 4.79 Å². The fourth-order valence-corrected chi connectivity index (χ4v) is 3.41. The Morgan fingerprint density at radius 3 is 2.74 bits per heavy atom. The largest absolute Gasteiger partial charge is 0.468 e. The standard InChI is InChI=1S/C15H30N2O2/c1-5-11-17(3)12-9-13-8-7-10-15(13,16-6-2)14(18)19-4/h13,16H,5-12H2,1-4H3. The van der Waals surface area contributed by atoms with Gasteiger partial charge in [-0.3, -0.25) is 4.79 Å². The van der Waals surface area contributed by atoms with Crippen LogP contribution in [0.1, 0.15) is 46.0 Å². The van der Waals surface area contributed by atoms with Crippen molar-refractivity contribution in [2.45, 2.75) is 51.5 Å². The van der Waals surface area contributed by atoms with E-state index in [0.29, 0.717) is 5.92 Å². The lowest BCUT2D eigenvalue weighted by Crippen LogP contribution is -2.55. The average molecular weight is 270 g/mol. The third kappa shape index (κ3) is 3.93. The van der Waals surface area contributed by atoms with Crippen molar-refractivity contribution in [1.82, 2.24) is 10.2 Å². The first kappa shape index (κ1) is 16.4. The van der Waals surface area contributed by atoms with Crippen LogP contribution >= 0.6 is 0 Å². The molecule has 0 heterocycles. The first-order valence-corrected chi connectivity index (χ1v) is 7.62. The van der Waals surface area contributed by atoms with Crippen LogP contribution in [0.4, 0.5) is 0 Å². The van der Waals surface area contributed by atoms with Crippen molar-refractivity contribution in [3.05, 3.63) is 0 Å². The quantitative estimate of drug-likeness (QED) is 0.685. The summed E-state index contributed by atoms with van der Waals surface area (Å²) < 4.78 is 5.06. The summed E-state index contributed by atoms with van der Waals surface area (Å²) in [5, 5.41) is 3.42. The lowest BCUT2D eigenvalue weighted by molar-refractivity contribution is -0.150. The molecule has 0 aromatic rings. The van der Waals surface area contributed by atoms with E-state index in [1.807, 2.05) is 0 Å². The molecule has 0 amide bonds. The number of ether oxygens (including phenoxy) is 1. The lowest BCUT2D eigenvalue weighted by Gasteiger charge is -2.34. The fraction of sp³-hybridized carbons (Fsp3) is 0.933. The van der Waals surface area contributed by atoms with Gasteiger partial charge >= 0.3 is 5.97 Å². The van der Waals surface area contributed by atoms with Gasteiger partial charge in [-0.2, -0.15) is 0 Å². The molecule has 2 unspecified atom stereocenters. The summed E-state index contributed by atoms with van der Waals surface area (Å²) in [5.41, 5.74) is -0.434. The van der Waals surface area contributed by atoms with E-state index in [1.165, 1.54) is 13.5 Å². The molecule has 0 aliphatic heterocycles. The number of rotatable bonds is 8. The SMILES string of the molecule is CCCN(C)CCC1CCCC1(NCC)C(=O)OC. The monoisotopic (exact) mass is 270 g/mol. The minimum absolute atomic E-state index is 0.0741. The summed E-state index contributed by atoms with van der Waals surface area (Å²) in [6, 6.07) is 0. The van der Waals surface area contributed by atoms with Crippen molar-refractivity contribution < 1.29 is 9.53 Å². The van der Waals surface area contributed by atoms with Crippen molar-refractivity contribution in [3.8, 4) is 0 Å². The van der Waals surface area contributed by atoms with E-state index in [2.05, 4.69) is 31.1 Å². The molecule has 4 heteroatoms. The Labute approximate surface area is 117 Å². The first-order chi connectivity index (χ1) is 9.10. The molecule has 0 bridgehead atoms. The topological polar surface area (TPSA) is 41.6 Å². The summed E-state index contributed by atoms with van der Waals surface area (Å²) in [4.78, 5) is 14.6. The zero-order valence-corrected chi connectivity index (χ0v) is 13.0. The van der Waals surface area contributed by atoms with Gasteiger partial charge < -0.3 is 15.0 Å². The Hall–Kier alpha value is -0.610. The molecule has 19 heavy (non-hydrogen) atoms. The molecule has 1 fully saturated rings. The summed E-state index contributed by atoms with van der Waals surface area (Å²) in [6.45, 7) is 7.25. The predicted octanol–water partition coefficient (Wildman–Crippen LogP) is 2.04. The van der Waals surface area contributed by atoms with Gasteiger partial charge in [-0.05, 0) is 58.3 Å². The Morgan fingerprint density at radius 1 is 1.42 bits per heavy atom. The van der Waals surface area contributed by atoms with Crippen molar-refractivity contribution in [2.24, 2.45) is 5.92 Å². The van der Waals surface area contributed by atoms with Gasteiger partial charge in [0.15, 0.2) is 0 Å². The maximum Gasteiger partial charge on any atom is 0.326 e. The molecule has 1 aliphatic rings. The predicted molar refractivity (Wildman–Crippen MR) is 78.2 cm³/mol. The van der Waals surface area contributed by atoms with Crippen LogP contribution in [0.15, 0.2) is 0 Å². The normalized spacial score (nSPS) is 26.9. The summed E-state index contributed by atoms with van der Waals surface area (Å²) in [5.74, 6) is 0.328. The van der Waals surface area contributed by atoms with Gasteiger partial charge in [-0.1, -0.05) is 20.3 Å². The van der Waals surface area contributed by atoms with Crippen LogP contribution in [0.25, 0.3) is 0 Å². The van der Waals surface area contributed by atoms with Gasteiger partial charge in [-0.15, -0.1) is 0 Å². The van der Waals surface area contributed by atoms with Crippen molar-refractivity contribution >= 4 is 5.97 Å². The van der Waals surface area contributed by atoms with Crippen molar-refractivity contribution in [2.75, 3.05) is 33.8 Å². The second-order valence-electron chi connectivity index (χ2n) is 5.67. The van der Waals surface area contributed by atoms with Gasteiger partial charge in [0.2, 0.25) is 0 Å². The third-order valence-electron chi connectivity index (χ3n) is 4.33. The van der Waals surface area contributed by atoms with Crippen molar-refractivity contribution in [1.29, 1.82) is 0 Å². The number of nitrogens with zero attached hydrogens (tertiary/aromatic N) is 1. The molecular weight excluding hydrogens is 240 g/mol. The number of carbonyl (C=O) groups excluding carboxylic acids is 1. The van der Waals surface area contributed by atoms with Crippen LogP contribution in [-0.2, 0) is 9.53 Å². The zero-order chi connectivity index (χ0) is 14.3. The Balaban J connectivity index is 2.65. The van der Waals surface area contributed by atoms with Crippen LogP contribution in [0.5, 0.6) is 0 Å². The van der Waals surface area contributed by atoms with E-state index in [-0.39, 0.29) is 5.97 Å². The Bertz CT molecular complexity index is 283. The van der Waals surface area contributed by atoms with E-state index < -0.39 is 5.54 Å². The molecule has 0 aromatic heterocycles. The van der Waals surface area contributed by atoms with E-state index in [1.54, 1.807) is 0 Å². The number of likely N-dealkylation sites (N-methyl/N-ethyl adjacent to an activating group) is 1. The minimum Gasteiger partial charge on any atom is -0.468 e. The number of nitrogens with one attached hydrogen (secondary N) is 1. The van der Waals surface area contributed by atoms with E-state index in [4.69, 9.17) is 4.74 Å². The van der Waals surface area contributed by atoms with Gasteiger partial charge in [0.05, 0.1) is 7.11 Å². The lowest BCUT2D eigenvalue weighted by atomic mass is 9.84. The highest BCUT2D eigenvalue weighted by atomic mass is 16.5. The minimum atomic E-state index is -0.434. The summed E-state index contributed by atoms with van der Waals surface area (Å²) in [6.07, 6.45) is 5.40. The van der Waals surface area contributed by atoms with Crippen molar-refractivity contribution in [3.63, 3.8) is 0 Å². The number of hydrogen-bond acceptors (Lipinski definition) is 4. The number of methoxy groups -OCH3 is 1. The second kappa shape index (κ2) is 7.85. The van der Waals surface area contributed by atoms with Crippen LogP contribution in [0.3, 0.4) is 0 Å². The molecule has 1 N–H and O–H groups in total. The molecule has 112 valence electrons. The highest BCUT2D eigenvalue weighted by Gasteiger charge is 2.48. The number of hydrogen-bond donors (Lipinski definition) is 1. The van der Waals surface area contributed by atoms with E-state index in [0.717, 1.165) is 45.3 Å². The van der Waals surface area contributed by atoms with Crippen LogP contribution in [0.2, 0.25) is 0 Å². The highest BCUT2D eigenvalue weighted by Crippen LogP contribution is 2.39. The molecule has 0 spiro atoms. The van der Waals surface area contributed by atoms with Gasteiger partial charge in [0.25, 0.3) is 0 Å². The molecule has 1 saturated carbocycles.